The fourth-order valence-electron chi connectivity index (χ4n) is 13.5. The van der Waals surface area contributed by atoms with E-state index in [4.69, 9.17) is 37.1 Å². The molecule has 4 saturated carbocycles. The van der Waals surface area contributed by atoms with Crippen LogP contribution in [0.3, 0.4) is 0 Å². The molecule has 4 aliphatic carbocycles. The van der Waals surface area contributed by atoms with Crippen molar-refractivity contribution in [3.8, 4) is 0 Å². The van der Waals surface area contributed by atoms with Crippen molar-refractivity contribution in [2.75, 3.05) is 58.3 Å². The molecule has 2 aromatic carbocycles. The van der Waals surface area contributed by atoms with Crippen molar-refractivity contribution < 1.29 is 22.6 Å². The normalized spacial score (nSPS) is 31.5. The summed E-state index contributed by atoms with van der Waals surface area (Å²) < 4.78 is 51.6. The molecule has 11 heteroatoms. The van der Waals surface area contributed by atoms with Gasteiger partial charge >= 0.3 is 0 Å². The van der Waals surface area contributed by atoms with Crippen molar-refractivity contribution in [2.24, 2.45) is 63.5 Å². The Labute approximate surface area is 376 Å². The van der Waals surface area contributed by atoms with E-state index in [2.05, 4.69) is 27.7 Å². The smallest absolute Gasteiger partial charge is 0.243 e. The van der Waals surface area contributed by atoms with Crippen LogP contribution in [0.15, 0.2) is 41.3 Å². The summed E-state index contributed by atoms with van der Waals surface area (Å²) in [7, 11) is -3.75. The average molecular weight is 882 g/mol. The number of ether oxygens (including phenoxy) is 3. The van der Waals surface area contributed by atoms with Gasteiger partial charge in [-0.25, -0.2) is 8.42 Å². The summed E-state index contributed by atoms with van der Waals surface area (Å²) in [6.07, 6.45) is 19.7. The molecule has 352 valence electrons. The number of nitrogens with zero attached hydrogens (tertiary/aromatic N) is 1. The fraction of sp³-hybridized carbons (Fsp3) is 0.804. The third-order valence-electron chi connectivity index (χ3n) is 16.9. The predicted octanol–water partition coefficient (Wildman–Crippen LogP) is 9.27. The lowest BCUT2D eigenvalue weighted by molar-refractivity contribution is -0.227. The zero-order valence-electron chi connectivity index (χ0n) is 39.3. The van der Waals surface area contributed by atoms with Crippen LogP contribution < -0.4 is 22.9 Å². The van der Waals surface area contributed by atoms with E-state index in [0.29, 0.717) is 104 Å². The molecule has 4 fully saturated rings. The van der Waals surface area contributed by atoms with Crippen LogP contribution >= 0.6 is 0 Å². The van der Waals surface area contributed by atoms with E-state index < -0.39 is 10.0 Å². The van der Waals surface area contributed by atoms with E-state index in [0.717, 1.165) is 89.0 Å². The molecule has 0 heterocycles. The van der Waals surface area contributed by atoms with Crippen LogP contribution in [0.25, 0.3) is 10.8 Å². The topological polar surface area (TPSA) is 169 Å². The van der Waals surface area contributed by atoms with Crippen LogP contribution in [0.4, 0.5) is 5.69 Å². The number of hydrogen-bond acceptors (Lipinski definition) is 9. The fourth-order valence-corrected chi connectivity index (χ4v) is 15.2. The van der Waals surface area contributed by atoms with Gasteiger partial charge in [0.25, 0.3) is 0 Å². The van der Waals surface area contributed by atoms with Crippen LogP contribution in [0.2, 0.25) is 0 Å². The molecule has 0 radical (unpaired) electrons. The number of fused-ring (bicyclic) bond motifs is 6. The predicted molar refractivity (Wildman–Crippen MR) is 255 cm³/mol. The molecule has 11 atom stereocenters. The highest BCUT2D eigenvalue weighted by Crippen LogP contribution is 2.69. The Morgan fingerprint density at radius 2 is 1.40 bits per heavy atom. The highest BCUT2D eigenvalue weighted by Gasteiger charge is 2.66. The minimum atomic E-state index is -3.75. The highest BCUT2D eigenvalue weighted by molar-refractivity contribution is 7.89. The van der Waals surface area contributed by atoms with E-state index in [1.165, 1.54) is 38.5 Å². The Bertz CT molecular complexity index is 1780. The zero-order chi connectivity index (χ0) is 44.3. The molecule has 0 saturated heterocycles. The Morgan fingerprint density at radius 3 is 2.15 bits per heavy atom. The first-order valence-electron chi connectivity index (χ1n) is 25.2. The number of nitrogens with two attached hydrogens (primary N) is 4. The Balaban J connectivity index is 1.22. The maximum atomic E-state index is 14.7. The molecular weight excluding hydrogens is 795 g/mol. The Hall–Kier alpha value is -1.83. The molecule has 62 heavy (non-hydrogen) atoms. The number of nitrogen functional groups attached to an aromatic ring is 1. The number of rotatable bonds is 26. The van der Waals surface area contributed by atoms with Crippen LogP contribution in [0.1, 0.15) is 143 Å². The summed E-state index contributed by atoms with van der Waals surface area (Å²) in [6.45, 7) is 15.0. The van der Waals surface area contributed by atoms with Crippen LogP contribution in [0.5, 0.6) is 0 Å². The van der Waals surface area contributed by atoms with E-state index >= 15 is 0 Å². The average Bonchev–Trinajstić information content (AvgIpc) is 3.62. The molecule has 0 amide bonds. The van der Waals surface area contributed by atoms with Crippen LogP contribution in [0, 0.1) is 46.3 Å². The summed E-state index contributed by atoms with van der Waals surface area (Å²) in [6, 6.07) is 11.1. The van der Waals surface area contributed by atoms with Gasteiger partial charge < -0.3 is 37.1 Å². The number of unbranched alkanes of at least 4 members (excludes halogenated alkanes) is 5. The maximum absolute atomic E-state index is 14.7. The van der Waals surface area contributed by atoms with Gasteiger partial charge in [-0.05, 0) is 156 Å². The standard InChI is InChI=1S/C51H87N5O5S/c1-5-6-7-8-9-10-29-56(62(57,58)47-21-12-18-40-41(47)19-11-20-45(40)55)30-13-17-37(2)42-22-23-43-49-44(36-48(51(42,43)4)61-33-16-28-54)50(3)25-24-39(59-31-14-26-52)34-38(50)35-46(49)60-32-15-27-53/h11-12,18-21,37-39,42-44,46,48-49H,5-10,13-17,22-36,52-55H2,1-4H3/t37-,38?,39-,42-,43+,44+,46-,48+,49?,50?,51?/m1/s1. The molecule has 0 spiro atoms. The number of sulfonamides is 1. The Morgan fingerprint density at radius 1 is 0.742 bits per heavy atom. The minimum Gasteiger partial charge on any atom is -0.398 e. The maximum Gasteiger partial charge on any atom is 0.243 e. The van der Waals surface area contributed by atoms with Gasteiger partial charge in [-0.15, -0.1) is 0 Å². The second-order valence-corrected chi connectivity index (χ2v) is 22.4. The van der Waals surface area contributed by atoms with Crippen molar-refractivity contribution in [3.63, 3.8) is 0 Å². The summed E-state index contributed by atoms with van der Waals surface area (Å²) in [4.78, 5) is 0.362. The third-order valence-corrected chi connectivity index (χ3v) is 18.8. The molecule has 10 nitrogen and oxygen atoms in total. The second-order valence-electron chi connectivity index (χ2n) is 20.5. The highest BCUT2D eigenvalue weighted by atomic mass is 32.2. The van der Waals surface area contributed by atoms with E-state index in [1.807, 2.05) is 30.3 Å². The minimum absolute atomic E-state index is 0.0104. The van der Waals surface area contributed by atoms with Gasteiger partial charge in [-0.3, -0.25) is 0 Å². The van der Waals surface area contributed by atoms with Gasteiger partial charge in [0.05, 0.1) is 23.2 Å². The lowest BCUT2D eigenvalue weighted by Crippen LogP contribution is -2.63. The Kier molecular flexibility index (Phi) is 18.5. The first-order chi connectivity index (χ1) is 29.9. The van der Waals surface area contributed by atoms with E-state index in [9.17, 15) is 8.42 Å². The molecule has 0 aliphatic heterocycles. The van der Waals surface area contributed by atoms with Gasteiger partial charge in [-0.1, -0.05) is 84.1 Å². The van der Waals surface area contributed by atoms with Gasteiger partial charge in [-0.2, -0.15) is 4.31 Å². The van der Waals surface area contributed by atoms with Crippen LogP contribution in [-0.2, 0) is 24.2 Å². The van der Waals surface area contributed by atoms with Crippen molar-refractivity contribution in [1.82, 2.24) is 4.31 Å². The monoisotopic (exact) mass is 882 g/mol. The SMILES string of the molecule is CCCCCCCCN(CCC[C@@H](C)[C@H]1CC[C@H]2C3[C@H](OCCCN)CC4C[C@H](OCCCN)CCC4(C)[C@H]3C[C@H](OCCCN)C12C)S(=O)(=O)c1cccc2c(N)cccc12. The van der Waals surface area contributed by atoms with Gasteiger partial charge in [0.2, 0.25) is 10.0 Å². The third kappa shape index (κ3) is 10.9. The molecule has 4 aliphatic rings. The van der Waals surface area contributed by atoms with Crippen molar-refractivity contribution >= 4 is 26.5 Å². The number of hydrogen-bond donors (Lipinski definition) is 4. The largest absolute Gasteiger partial charge is 0.398 e. The molecule has 4 unspecified atom stereocenters. The van der Waals surface area contributed by atoms with E-state index in [1.54, 1.807) is 10.4 Å². The summed E-state index contributed by atoms with van der Waals surface area (Å²) in [5, 5.41) is 1.49. The summed E-state index contributed by atoms with van der Waals surface area (Å²) in [5.41, 5.74) is 25.1. The van der Waals surface area contributed by atoms with Crippen molar-refractivity contribution in [1.29, 1.82) is 0 Å². The second kappa shape index (κ2) is 23.1. The molecule has 8 N–H and O–H groups in total. The molecule has 0 bridgehead atoms. The molecule has 2 aromatic rings. The van der Waals surface area contributed by atoms with Crippen molar-refractivity contribution in [3.05, 3.63) is 36.4 Å². The quantitative estimate of drug-likeness (QED) is 0.0532. The van der Waals surface area contributed by atoms with Gasteiger partial charge in [0.15, 0.2) is 0 Å². The van der Waals surface area contributed by atoms with Crippen molar-refractivity contribution in [2.45, 2.75) is 166 Å². The first-order valence-corrected chi connectivity index (χ1v) is 26.6. The number of benzene rings is 2. The first kappa shape index (κ1) is 49.6. The number of anilines is 1. The lowest BCUT2D eigenvalue weighted by atomic mass is 9.43. The lowest BCUT2D eigenvalue weighted by Gasteiger charge is -2.65. The van der Waals surface area contributed by atoms with E-state index in [-0.39, 0.29) is 23.0 Å². The van der Waals surface area contributed by atoms with Gasteiger partial charge in [0.1, 0.15) is 0 Å². The summed E-state index contributed by atoms with van der Waals surface area (Å²) in [5.74, 6) is 2.95. The van der Waals surface area contributed by atoms with Gasteiger partial charge in [0, 0.05) is 54.8 Å². The zero-order valence-corrected chi connectivity index (χ0v) is 40.1. The molecule has 0 aromatic heterocycles. The molecule has 6 rings (SSSR count). The summed E-state index contributed by atoms with van der Waals surface area (Å²) >= 11 is 0. The molecular formula is C51H87N5O5S. The van der Waals surface area contributed by atoms with Crippen LogP contribution in [-0.4, -0.2) is 83.6 Å².